The molecule has 0 fully saturated rings. The quantitative estimate of drug-likeness (QED) is 0.294. The van der Waals surface area contributed by atoms with Crippen LogP contribution in [0.5, 0.6) is 5.75 Å². The van der Waals surface area contributed by atoms with Crippen molar-refractivity contribution in [2.24, 2.45) is 0 Å². The Labute approximate surface area is 173 Å². The van der Waals surface area contributed by atoms with Gasteiger partial charge in [0.15, 0.2) is 0 Å². The van der Waals surface area contributed by atoms with Crippen LogP contribution < -0.4 is 4.74 Å². The molecule has 0 aliphatic heterocycles. The molecule has 0 aliphatic rings. The van der Waals surface area contributed by atoms with Crippen molar-refractivity contribution >= 4 is 0 Å². The molecule has 0 aromatic heterocycles. The minimum atomic E-state index is 0. The minimum absolute atomic E-state index is 0. The fourth-order valence-corrected chi connectivity index (χ4v) is 2.11. The second kappa shape index (κ2) is 14.4. The zero-order valence-corrected chi connectivity index (χ0v) is 16.3. The Bertz CT molecular complexity index is 733. The van der Waals surface area contributed by atoms with Gasteiger partial charge in [0.2, 0.25) is 0 Å². The fraction of sp³-hybridized carbons (Fsp3) is 0.0400. The molecule has 0 aliphatic carbocycles. The van der Waals surface area contributed by atoms with E-state index in [1.165, 1.54) is 0 Å². The zero-order valence-electron chi connectivity index (χ0n) is 15.2. The Balaban J connectivity index is 0.000000233. The van der Waals surface area contributed by atoms with Gasteiger partial charge in [0.1, 0.15) is 0 Å². The molecule has 0 bridgehead atoms. The van der Waals surface area contributed by atoms with Gasteiger partial charge in [-0.3, -0.25) is 0 Å². The molecule has 1 radical (unpaired) electrons. The first-order valence-electron chi connectivity index (χ1n) is 8.34. The van der Waals surface area contributed by atoms with Crippen LogP contribution in [0.3, 0.4) is 0 Å². The van der Waals surface area contributed by atoms with E-state index in [1.807, 2.05) is 109 Å². The van der Waals surface area contributed by atoms with Gasteiger partial charge in [0.25, 0.3) is 0 Å². The zero-order chi connectivity index (χ0) is 18.3. The van der Waals surface area contributed by atoms with Crippen molar-refractivity contribution in [3.8, 4) is 16.9 Å². The van der Waals surface area contributed by atoms with Crippen LogP contribution in [0.4, 0.5) is 0 Å². The number of rotatable bonds is 2. The normalized spacial score (nSPS) is 8.63. The van der Waals surface area contributed by atoms with Gasteiger partial charge in [-0.25, -0.2) is 0 Å². The molecule has 0 atom stereocenters. The van der Waals surface area contributed by atoms with Crippen molar-refractivity contribution < 1.29 is 21.8 Å². The van der Waals surface area contributed by atoms with Crippen LogP contribution in [0.15, 0.2) is 109 Å². The molecular weight excluding hydrogens is 372 g/mol. The Morgan fingerprint density at radius 1 is 0.593 bits per heavy atom. The van der Waals surface area contributed by atoms with Crippen molar-refractivity contribution in [2.45, 2.75) is 0 Å². The molecule has 1 nitrogen and oxygen atoms in total. The molecule has 4 aromatic rings. The Kier molecular flexibility index (Phi) is 11.8. The average molecular weight is 393 g/mol. The maximum atomic E-state index is 5.27. The summed E-state index contributed by atoms with van der Waals surface area (Å²) in [6.45, 7) is 0. The SMILES string of the molecule is COc1ccc[c-]c1-c1ccccc1.[Fe+3].[c-]1ccccc1.[c-]1ccccc1. The minimum Gasteiger partial charge on any atom is -0.540 e. The van der Waals surface area contributed by atoms with E-state index in [0.29, 0.717) is 0 Å². The van der Waals surface area contributed by atoms with Crippen LogP contribution in [0, 0.1) is 18.2 Å². The number of hydrogen-bond donors (Lipinski definition) is 0. The van der Waals surface area contributed by atoms with E-state index >= 15 is 0 Å². The van der Waals surface area contributed by atoms with E-state index < -0.39 is 0 Å². The van der Waals surface area contributed by atoms with Gasteiger partial charge in [0.05, 0.1) is 7.11 Å². The van der Waals surface area contributed by atoms with Crippen LogP contribution in [0.25, 0.3) is 11.1 Å². The van der Waals surface area contributed by atoms with Crippen molar-refractivity contribution in [2.75, 3.05) is 7.11 Å². The summed E-state index contributed by atoms with van der Waals surface area (Å²) in [4.78, 5) is 0. The van der Waals surface area contributed by atoms with Crippen LogP contribution in [0.1, 0.15) is 0 Å². The van der Waals surface area contributed by atoms with E-state index in [2.05, 4.69) is 18.2 Å². The second-order valence-electron chi connectivity index (χ2n) is 5.13. The number of hydrogen-bond acceptors (Lipinski definition) is 1. The molecule has 0 unspecified atom stereocenters. The molecule has 0 saturated heterocycles. The maximum absolute atomic E-state index is 5.27. The third-order valence-electron chi connectivity index (χ3n) is 3.31. The third kappa shape index (κ3) is 8.91. The molecule has 2 heteroatoms. The van der Waals surface area contributed by atoms with Crippen LogP contribution >= 0.6 is 0 Å². The van der Waals surface area contributed by atoms with Crippen LogP contribution in [0.2, 0.25) is 0 Å². The molecule has 4 rings (SSSR count). The van der Waals surface area contributed by atoms with Gasteiger partial charge in [-0.05, 0) is 0 Å². The molecule has 0 amide bonds. The summed E-state index contributed by atoms with van der Waals surface area (Å²) in [7, 11) is 1.68. The topological polar surface area (TPSA) is 9.23 Å². The summed E-state index contributed by atoms with van der Waals surface area (Å²) in [5.41, 5.74) is 2.14. The fourth-order valence-electron chi connectivity index (χ4n) is 2.11. The van der Waals surface area contributed by atoms with Crippen molar-refractivity contribution in [1.29, 1.82) is 0 Å². The van der Waals surface area contributed by atoms with E-state index in [1.54, 1.807) is 7.11 Å². The second-order valence-corrected chi connectivity index (χ2v) is 5.13. The predicted octanol–water partition coefficient (Wildman–Crippen LogP) is 6.13. The first kappa shape index (κ1) is 22.2. The molecule has 0 spiro atoms. The summed E-state index contributed by atoms with van der Waals surface area (Å²) in [5, 5.41) is 0. The molecule has 27 heavy (non-hydrogen) atoms. The van der Waals surface area contributed by atoms with Crippen molar-refractivity contribution in [3.63, 3.8) is 0 Å². The monoisotopic (exact) mass is 393 g/mol. The third-order valence-corrected chi connectivity index (χ3v) is 3.31. The molecule has 0 N–H and O–H groups in total. The standard InChI is InChI=1S/C13H11O.2C6H5.Fe/c1-14-13-10-6-5-9-12(13)11-7-3-2-4-8-11;2*1-2-4-6-5-3-1;/h2-8,10H,1H3;2*1-5H;/q3*-1;+3. The first-order valence-corrected chi connectivity index (χ1v) is 8.34. The largest absolute Gasteiger partial charge is 3.00 e. The number of methoxy groups -OCH3 is 1. The summed E-state index contributed by atoms with van der Waals surface area (Å²) >= 11 is 0. The Morgan fingerprint density at radius 3 is 1.52 bits per heavy atom. The van der Waals surface area contributed by atoms with Gasteiger partial charge in [-0.2, -0.15) is 72.8 Å². The summed E-state index contributed by atoms with van der Waals surface area (Å²) < 4.78 is 5.27. The summed E-state index contributed by atoms with van der Waals surface area (Å²) in [6, 6.07) is 44.1. The van der Waals surface area contributed by atoms with Crippen molar-refractivity contribution in [1.82, 2.24) is 0 Å². The van der Waals surface area contributed by atoms with Gasteiger partial charge in [-0.1, -0.05) is 35.9 Å². The van der Waals surface area contributed by atoms with E-state index in [4.69, 9.17) is 4.74 Å². The van der Waals surface area contributed by atoms with Crippen molar-refractivity contribution in [3.05, 3.63) is 127 Å². The predicted molar refractivity (Wildman–Crippen MR) is 108 cm³/mol. The molecule has 135 valence electrons. The Morgan fingerprint density at radius 2 is 1.11 bits per heavy atom. The molecule has 4 aromatic carbocycles. The number of ether oxygens (including phenoxy) is 1. The summed E-state index contributed by atoms with van der Waals surface area (Å²) in [6.07, 6.45) is 0. The smallest absolute Gasteiger partial charge is 0.540 e. The van der Waals surface area contributed by atoms with Gasteiger partial charge in [-0.15, -0.1) is 29.8 Å². The van der Waals surface area contributed by atoms with Crippen LogP contribution in [-0.4, -0.2) is 7.11 Å². The van der Waals surface area contributed by atoms with Gasteiger partial charge in [0, 0.05) is 5.75 Å². The summed E-state index contributed by atoms with van der Waals surface area (Å²) in [5.74, 6) is 0.860. The van der Waals surface area contributed by atoms with Gasteiger partial charge >= 0.3 is 17.1 Å². The van der Waals surface area contributed by atoms with Gasteiger partial charge < -0.3 is 4.74 Å². The van der Waals surface area contributed by atoms with E-state index in [0.717, 1.165) is 16.9 Å². The molecule has 0 heterocycles. The maximum Gasteiger partial charge on any atom is 3.00 e. The Hall–Kier alpha value is -2.80. The van der Waals surface area contributed by atoms with E-state index in [-0.39, 0.29) is 17.1 Å². The molecule has 0 saturated carbocycles. The van der Waals surface area contributed by atoms with Crippen LogP contribution in [-0.2, 0) is 17.1 Å². The average Bonchev–Trinajstić information content (AvgIpc) is 2.77. The molecular formula is C25H21FeO. The number of benzene rings is 4. The first-order chi connectivity index (χ1) is 12.9. The van der Waals surface area contributed by atoms with E-state index in [9.17, 15) is 0 Å².